The minimum Gasteiger partial charge on any atom is -0.337 e. The van der Waals surface area contributed by atoms with Crippen LogP contribution in [0.2, 0.25) is 0 Å². The molecule has 1 N–H and O–H groups in total. The Kier molecular flexibility index (Phi) is 5.15. The van der Waals surface area contributed by atoms with Crippen molar-refractivity contribution in [3.05, 3.63) is 54.1 Å². The molecule has 1 aromatic carbocycles. The van der Waals surface area contributed by atoms with Crippen LogP contribution in [0.15, 0.2) is 42.7 Å². The molecule has 24 heavy (non-hydrogen) atoms. The molecule has 1 aromatic heterocycles. The topological polar surface area (TPSA) is 53.4 Å². The van der Waals surface area contributed by atoms with Gasteiger partial charge >= 0.3 is 6.03 Å². The molecule has 0 radical (unpaired) electrons. The average molecular weight is 327 g/mol. The second-order valence-corrected chi connectivity index (χ2v) is 6.13. The summed E-state index contributed by atoms with van der Waals surface area (Å²) < 4.78 is 2.04. The number of aryl methyl sites for hydroxylation is 1. The largest absolute Gasteiger partial charge is 0.337 e. The summed E-state index contributed by atoms with van der Waals surface area (Å²) in [5.41, 5.74) is 1.11. The summed E-state index contributed by atoms with van der Waals surface area (Å²) in [7, 11) is 2.00. The first-order valence-electron chi connectivity index (χ1n) is 8.47. The predicted octanol–water partition coefficient (Wildman–Crippen LogP) is 2.01. The number of benzene rings is 1. The van der Waals surface area contributed by atoms with Crippen molar-refractivity contribution >= 4 is 6.03 Å². The lowest BCUT2D eigenvalue weighted by molar-refractivity contribution is 0.0878. The van der Waals surface area contributed by atoms with E-state index >= 15 is 0 Å². The van der Waals surface area contributed by atoms with Gasteiger partial charge in [-0.25, -0.2) is 9.78 Å². The van der Waals surface area contributed by atoms with Gasteiger partial charge in [0, 0.05) is 45.6 Å². The van der Waals surface area contributed by atoms with Crippen molar-refractivity contribution in [2.75, 3.05) is 26.2 Å². The maximum Gasteiger partial charge on any atom is 0.317 e. The van der Waals surface area contributed by atoms with Crippen molar-refractivity contribution in [3.8, 4) is 0 Å². The Morgan fingerprint density at radius 3 is 2.75 bits per heavy atom. The normalized spacial score (nSPS) is 18.6. The Balaban J connectivity index is 1.64. The molecule has 1 unspecified atom stereocenters. The first kappa shape index (κ1) is 16.5. The number of nitrogens with one attached hydrogen (secondary N) is 1. The van der Waals surface area contributed by atoms with Crippen molar-refractivity contribution < 1.29 is 4.79 Å². The van der Waals surface area contributed by atoms with E-state index in [0.717, 1.165) is 31.0 Å². The molecule has 128 valence electrons. The minimum absolute atomic E-state index is 0.00573. The van der Waals surface area contributed by atoms with Crippen LogP contribution < -0.4 is 5.32 Å². The van der Waals surface area contributed by atoms with Gasteiger partial charge in [-0.1, -0.05) is 37.3 Å². The summed E-state index contributed by atoms with van der Waals surface area (Å²) in [5.74, 6) is 1.01. The smallest absolute Gasteiger partial charge is 0.317 e. The molecule has 0 spiro atoms. The zero-order chi connectivity index (χ0) is 16.9. The standard InChI is InChI=1S/C18H25N5O/c1-3-22-11-12-23(14-16(22)17-19-9-10-21(17)2)18(24)20-13-15-7-5-4-6-8-15/h4-10,16H,3,11-14H2,1-2H3,(H,20,24). The molecule has 2 aromatic rings. The summed E-state index contributed by atoms with van der Waals surface area (Å²) >= 11 is 0. The van der Waals surface area contributed by atoms with Gasteiger partial charge in [-0.3, -0.25) is 4.90 Å². The van der Waals surface area contributed by atoms with Crippen LogP contribution in [-0.2, 0) is 13.6 Å². The highest BCUT2D eigenvalue weighted by Crippen LogP contribution is 2.23. The maximum atomic E-state index is 12.5. The fourth-order valence-corrected chi connectivity index (χ4v) is 3.21. The van der Waals surface area contributed by atoms with Crippen LogP contribution in [0.3, 0.4) is 0 Å². The van der Waals surface area contributed by atoms with Gasteiger partial charge in [-0.2, -0.15) is 0 Å². The molecule has 1 aliphatic heterocycles. The SMILES string of the molecule is CCN1CCN(C(=O)NCc2ccccc2)CC1c1nccn1C. The van der Waals surface area contributed by atoms with Gasteiger partial charge in [-0.05, 0) is 12.1 Å². The number of carbonyl (C=O) groups is 1. The predicted molar refractivity (Wildman–Crippen MR) is 93.4 cm³/mol. The van der Waals surface area contributed by atoms with E-state index in [2.05, 4.69) is 22.1 Å². The second-order valence-electron chi connectivity index (χ2n) is 6.13. The number of hydrogen-bond acceptors (Lipinski definition) is 3. The molecule has 6 nitrogen and oxygen atoms in total. The third-order valence-electron chi connectivity index (χ3n) is 4.63. The van der Waals surface area contributed by atoms with E-state index in [1.165, 1.54) is 0 Å². The summed E-state index contributed by atoms with van der Waals surface area (Å²) in [6.07, 6.45) is 3.77. The van der Waals surface area contributed by atoms with Crippen LogP contribution in [0.4, 0.5) is 4.79 Å². The highest BCUT2D eigenvalue weighted by molar-refractivity contribution is 5.74. The number of nitrogens with zero attached hydrogens (tertiary/aromatic N) is 4. The summed E-state index contributed by atoms with van der Waals surface area (Å²) in [6.45, 7) is 5.94. The second kappa shape index (κ2) is 7.49. The number of rotatable bonds is 4. The summed E-state index contributed by atoms with van der Waals surface area (Å²) in [6, 6.07) is 10.1. The average Bonchev–Trinajstić information content (AvgIpc) is 3.05. The summed E-state index contributed by atoms with van der Waals surface area (Å²) in [5, 5.41) is 3.02. The van der Waals surface area contributed by atoms with E-state index in [9.17, 15) is 4.79 Å². The Morgan fingerprint density at radius 2 is 2.08 bits per heavy atom. The number of amides is 2. The number of hydrogen-bond donors (Lipinski definition) is 1. The quantitative estimate of drug-likeness (QED) is 0.934. The molecule has 0 bridgehead atoms. The molecular formula is C18H25N5O. The van der Waals surface area contributed by atoms with E-state index < -0.39 is 0 Å². The molecule has 3 rings (SSSR count). The molecular weight excluding hydrogens is 302 g/mol. The van der Waals surface area contributed by atoms with E-state index in [4.69, 9.17) is 0 Å². The third kappa shape index (κ3) is 3.59. The maximum absolute atomic E-state index is 12.5. The Hall–Kier alpha value is -2.34. The van der Waals surface area contributed by atoms with Gasteiger partial charge in [0.1, 0.15) is 5.82 Å². The van der Waals surface area contributed by atoms with Crippen molar-refractivity contribution in [2.24, 2.45) is 7.05 Å². The van der Waals surface area contributed by atoms with Crippen molar-refractivity contribution in [2.45, 2.75) is 19.5 Å². The highest BCUT2D eigenvalue weighted by Gasteiger charge is 2.31. The number of imidazole rings is 1. The van der Waals surface area contributed by atoms with Crippen LogP contribution in [0.5, 0.6) is 0 Å². The van der Waals surface area contributed by atoms with E-state index in [1.54, 1.807) is 0 Å². The van der Waals surface area contributed by atoms with Gasteiger partial charge in [-0.15, -0.1) is 0 Å². The molecule has 1 atom stereocenters. The lowest BCUT2D eigenvalue weighted by Gasteiger charge is -2.40. The molecule has 0 aliphatic carbocycles. The van der Waals surface area contributed by atoms with Crippen LogP contribution >= 0.6 is 0 Å². The molecule has 1 saturated heterocycles. The Morgan fingerprint density at radius 1 is 1.29 bits per heavy atom. The summed E-state index contributed by atoms with van der Waals surface area (Å²) in [4.78, 5) is 21.3. The molecule has 1 aliphatic rings. The van der Waals surface area contributed by atoms with Gasteiger partial charge in [0.25, 0.3) is 0 Å². The number of aromatic nitrogens is 2. The molecule has 1 fully saturated rings. The van der Waals surface area contributed by atoms with E-state index in [-0.39, 0.29) is 12.1 Å². The molecule has 2 heterocycles. The van der Waals surface area contributed by atoms with Crippen molar-refractivity contribution in [1.29, 1.82) is 0 Å². The zero-order valence-corrected chi connectivity index (χ0v) is 14.4. The zero-order valence-electron chi connectivity index (χ0n) is 14.4. The van der Waals surface area contributed by atoms with Crippen molar-refractivity contribution in [1.82, 2.24) is 24.7 Å². The van der Waals surface area contributed by atoms with Crippen LogP contribution in [0.25, 0.3) is 0 Å². The number of piperazine rings is 1. The number of likely N-dealkylation sites (N-methyl/N-ethyl adjacent to an activating group) is 1. The number of carbonyl (C=O) groups excluding carboxylic acids is 1. The first-order valence-corrected chi connectivity index (χ1v) is 8.47. The van der Waals surface area contributed by atoms with E-state index in [1.807, 2.05) is 59.2 Å². The van der Waals surface area contributed by atoms with Gasteiger partial charge in [0.05, 0.1) is 6.04 Å². The Bertz CT molecular complexity index is 669. The highest BCUT2D eigenvalue weighted by atomic mass is 16.2. The molecule has 6 heteroatoms. The van der Waals surface area contributed by atoms with Crippen LogP contribution in [-0.4, -0.2) is 51.6 Å². The first-order chi connectivity index (χ1) is 11.7. The third-order valence-corrected chi connectivity index (χ3v) is 4.63. The Labute approximate surface area is 143 Å². The molecule has 2 amide bonds. The van der Waals surface area contributed by atoms with Crippen LogP contribution in [0.1, 0.15) is 24.4 Å². The number of urea groups is 1. The van der Waals surface area contributed by atoms with Gasteiger partial charge in [0.15, 0.2) is 0 Å². The van der Waals surface area contributed by atoms with Crippen LogP contribution in [0, 0.1) is 0 Å². The fourth-order valence-electron chi connectivity index (χ4n) is 3.21. The lowest BCUT2D eigenvalue weighted by Crippen LogP contribution is -2.53. The molecule has 0 saturated carbocycles. The minimum atomic E-state index is -0.00573. The van der Waals surface area contributed by atoms with Gasteiger partial charge < -0.3 is 14.8 Å². The van der Waals surface area contributed by atoms with E-state index in [0.29, 0.717) is 13.1 Å². The lowest BCUT2D eigenvalue weighted by atomic mass is 10.1. The van der Waals surface area contributed by atoms with Gasteiger partial charge in [0.2, 0.25) is 0 Å². The van der Waals surface area contributed by atoms with Crippen molar-refractivity contribution in [3.63, 3.8) is 0 Å². The monoisotopic (exact) mass is 327 g/mol. The fraction of sp³-hybridized carbons (Fsp3) is 0.444.